The standard InChI is InChI=1S/C10H13F3N2O3S/c1-2-4-19(17,18)5-3-15-7-8(6-14-15)9(16)10(11,12)13/h6-7H,2-5H2,1H3. The van der Waals surface area contributed by atoms with Crippen molar-refractivity contribution in [1.82, 2.24) is 9.78 Å². The fourth-order valence-corrected chi connectivity index (χ4v) is 2.70. The number of hydrogen-bond donors (Lipinski definition) is 0. The van der Waals surface area contributed by atoms with Crippen LogP contribution in [0.15, 0.2) is 12.4 Å². The van der Waals surface area contributed by atoms with Crippen molar-refractivity contribution >= 4 is 15.6 Å². The van der Waals surface area contributed by atoms with Crippen LogP contribution in [0, 0.1) is 0 Å². The molecule has 0 aliphatic heterocycles. The van der Waals surface area contributed by atoms with Gasteiger partial charge in [0, 0.05) is 11.9 Å². The van der Waals surface area contributed by atoms with Crippen molar-refractivity contribution in [3.63, 3.8) is 0 Å². The summed E-state index contributed by atoms with van der Waals surface area (Å²) >= 11 is 0. The maximum atomic E-state index is 12.1. The Morgan fingerprint density at radius 2 is 2.00 bits per heavy atom. The molecule has 1 aromatic rings. The Hall–Kier alpha value is -1.38. The Balaban J connectivity index is 2.69. The summed E-state index contributed by atoms with van der Waals surface area (Å²) in [4.78, 5) is 10.9. The van der Waals surface area contributed by atoms with Crippen LogP contribution in [0.25, 0.3) is 0 Å². The highest BCUT2D eigenvalue weighted by atomic mass is 32.2. The maximum absolute atomic E-state index is 12.1. The third-order valence-corrected chi connectivity index (χ3v) is 4.13. The Bertz CT molecular complexity index is 549. The quantitative estimate of drug-likeness (QED) is 0.745. The molecule has 19 heavy (non-hydrogen) atoms. The van der Waals surface area contributed by atoms with Crippen LogP contribution < -0.4 is 0 Å². The zero-order valence-corrected chi connectivity index (χ0v) is 11.0. The molecule has 0 bridgehead atoms. The molecule has 9 heteroatoms. The molecule has 5 nitrogen and oxygen atoms in total. The van der Waals surface area contributed by atoms with E-state index < -0.39 is 27.4 Å². The lowest BCUT2D eigenvalue weighted by Crippen LogP contribution is -2.22. The largest absolute Gasteiger partial charge is 0.454 e. The molecule has 0 N–H and O–H groups in total. The molecular formula is C10H13F3N2O3S. The van der Waals surface area contributed by atoms with Gasteiger partial charge in [0.1, 0.15) is 0 Å². The summed E-state index contributed by atoms with van der Waals surface area (Å²) in [5.74, 6) is -2.19. The van der Waals surface area contributed by atoms with Crippen LogP contribution in [0.2, 0.25) is 0 Å². The van der Waals surface area contributed by atoms with E-state index in [1.54, 1.807) is 6.92 Å². The molecule has 1 rings (SSSR count). The molecule has 0 saturated heterocycles. The van der Waals surface area contributed by atoms with E-state index in [0.29, 0.717) is 6.42 Å². The summed E-state index contributed by atoms with van der Waals surface area (Å²) in [5, 5.41) is 3.55. The zero-order chi connectivity index (χ0) is 14.7. The van der Waals surface area contributed by atoms with E-state index in [1.165, 1.54) is 0 Å². The SMILES string of the molecule is CCCS(=O)(=O)CCn1cc(C(=O)C(F)(F)F)cn1. The summed E-state index contributed by atoms with van der Waals surface area (Å²) in [7, 11) is -3.24. The molecule has 0 atom stereocenters. The average Bonchev–Trinajstić information content (AvgIpc) is 2.72. The van der Waals surface area contributed by atoms with E-state index >= 15 is 0 Å². The minimum absolute atomic E-state index is 0.0165. The van der Waals surface area contributed by atoms with Crippen LogP contribution in [0.3, 0.4) is 0 Å². The topological polar surface area (TPSA) is 69.0 Å². The lowest BCUT2D eigenvalue weighted by molar-refractivity contribution is -0.0885. The lowest BCUT2D eigenvalue weighted by atomic mass is 10.2. The van der Waals surface area contributed by atoms with Gasteiger partial charge < -0.3 is 0 Å². The second-order valence-corrected chi connectivity index (χ2v) is 6.27. The minimum Gasteiger partial charge on any atom is -0.284 e. The van der Waals surface area contributed by atoms with Crippen LogP contribution in [0.4, 0.5) is 13.2 Å². The first-order valence-electron chi connectivity index (χ1n) is 5.50. The first kappa shape index (κ1) is 15.7. The van der Waals surface area contributed by atoms with Gasteiger partial charge in [-0.2, -0.15) is 18.3 Å². The highest BCUT2D eigenvalue weighted by molar-refractivity contribution is 7.91. The van der Waals surface area contributed by atoms with Crippen molar-refractivity contribution in [1.29, 1.82) is 0 Å². The molecule has 0 spiro atoms. The molecule has 0 aliphatic carbocycles. The maximum Gasteiger partial charge on any atom is 0.454 e. The summed E-state index contributed by atoms with van der Waals surface area (Å²) < 4.78 is 60.3. The smallest absolute Gasteiger partial charge is 0.284 e. The molecule has 0 aromatic carbocycles. The predicted molar refractivity (Wildman–Crippen MR) is 61.6 cm³/mol. The number of alkyl halides is 3. The van der Waals surface area contributed by atoms with Gasteiger partial charge in [0.25, 0.3) is 5.78 Å². The number of hydrogen-bond acceptors (Lipinski definition) is 4. The van der Waals surface area contributed by atoms with Gasteiger partial charge in [-0.3, -0.25) is 9.48 Å². The normalized spacial score (nSPS) is 12.6. The molecule has 108 valence electrons. The van der Waals surface area contributed by atoms with Gasteiger partial charge in [-0.15, -0.1) is 0 Å². The fraction of sp³-hybridized carbons (Fsp3) is 0.600. The Labute approximate surface area is 108 Å². The van der Waals surface area contributed by atoms with Gasteiger partial charge in [-0.1, -0.05) is 6.92 Å². The minimum atomic E-state index is -4.96. The Morgan fingerprint density at radius 3 is 2.53 bits per heavy atom. The number of carbonyl (C=O) groups excluding carboxylic acids is 1. The molecule has 0 fully saturated rings. The number of Topliss-reactive ketones (excluding diaryl/α,β-unsaturated/α-hetero) is 1. The van der Waals surface area contributed by atoms with E-state index in [-0.39, 0.29) is 18.1 Å². The second kappa shape index (κ2) is 5.72. The summed E-state index contributed by atoms with van der Waals surface area (Å²) in [6.07, 6.45) is -2.80. The summed E-state index contributed by atoms with van der Waals surface area (Å²) in [6.45, 7) is 1.64. The van der Waals surface area contributed by atoms with Crippen molar-refractivity contribution < 1.29 is 26.4 Å². The molecule has 0 unspecified atom stereocenters. The molecule has 0 amide bonds. The highest BCUT2D eigenvalue weighted by Gasteiger charge is 2.39. The highest BCUT2D eigenvalue weighted by Crippen LogP contribution is 2.20. The van der Waals surface area contributed by atoms with Crippen LogP contribution >= 0.6 is 0 Å². The molecule has 0 saturated carbocycles. The molecule has 1 aromatic heterocycles. The van der Waals surface area contributed by atoms with E-state index in [4.69, 9.17) is 0 Å². The van der Waals surface area contributed by atoms with Gasteiger partial charge in [0.05, 0.1) is 24.1 Å². The number of nitrogens with zero attached hydrogens (tertiary/aromatic N) is 2. The Kier molecular flexibility index (Phi) is 4.72. The van der Waals surface area contributed by atoms with Crippen LogP contribution in [-0.2, 0) is 16.4 Å². The van der Waals surface area contributed by atoms with Crippen molar-refractivity contribution in [3.05, 3.63) is 18.0 Å². The number of rotatable bonds is 6. The molecule has 0 aliphatic rings. The van der Waals surface area contributed by atoms with E-state index in [1.807, 2.05) is 0 Å². The van der Waals surface area contributed by atoms with Crippen LogP contribution in [0.5, 0.6) is 0 Å². The number of ketones is 1. The van der Waals surface area contributed by atoms with Crippen molar-refractivity contribution in [3.8, 4) is 0 Å². The third-order valence-electron chi connectivity index (χ3n) is 2.30. The van der Waals surface area contributed by atoms with E-state index in [0.717, 1.165) is 17.1 Å². The average molecular weight is 298 g/mol. The van der Waals surface area contributed by atoms with Crippen molar-refractivity contribution in [2.24, 2.45) is 0 Å². The summed E-state index contributed by atoms with van der Waals surface area (Å²) in [5.41, 5.74) is -0.597. The van der Waals surface area contributed by atoms with Crippen LogP contribution in [0.1, 0.15) is 23.7 Å². The van der Waals surface area contributed by atoms with Gasteiger partial charge >= 0.3 is 6.18 Å². The predicted octanol–water partition coefficient (Wildman–Crippen LogP) is 1.45. The number of aryl methyl sites for hydroxylation is 1. The number of halogens is 3. The molecule has 1 heterocycles. The van der Waals surface area contributed by atoms with E-state index in [9.17, 15) is 26.4 Å². The first-order chi connectivity index (χ1) is 8.65. The fourth-order valence-electron chi connectivity index (χ4n) is 1.41. The number of sulfone groups is 1. The first-order valence-corrected chi connectivity index (χ1v) is 7.32. The van der Waals surface area contributed by atoms with Gasteiger partial charge in [-0.25, -0.2) is 8.42 Å². The van der Waals surface area contributed by atoms with Crippen molar-refractivity contribution in [2.75, 3.05) is 11.5 Å². The van der Waals surface area contributed by atoms with Gasteiger partial charge in [0.15, 0.2) is 9.84 Å². The van der Waals surface area contributed by atoms with E-state index in [2.05, 4.69) is 5.10 Å². The second-order valence-electron chi connectivity index (χ2n) is 3.97. The lowest BCUT2D eigenvalue weighted by Gasteiger charge is -2.03. The number of aromatic nitrogens is 2. The van der Waals surface area contributed by atoms with Crippen molar-refractivity contribution in [2.45, 2.75) is 26.1 Å². The van der Waals surface area contributed by atoms with Gasteiger partial charge in [-0.05, 0) is 6.42 Å². The third kappa shape index (κ3) is 4.66. The Morgan fingerprint density at radius 1 is 1.37 bits per heavy atom. The van der Waals surface area contributed by atoms with Gasteiger partial charge in [0.2, 0.25) is 0 Å². The van der Waals surface area contributed by atoms with Crippen LogP contribution in [-0.4, -0.2) is 41.7 Å². The summed E-state index contributed by atoms with van der Waals surface area (Å²) in [6, 6.07) is 0. The molecule has 0 radical (unpaired) electrons. The zero-order valence-electron chi connectivity index (χ0n) is 10.1. The monoisotopic (exact) mass is 298 g/mol. The number of carbonyl (C=O) groups is 1. The molecular weight excluding hydrogens is 285 g/mol.